The molecule has 0 fully saturated rings. The molecule has 0 heterocycles. The third-order valence-corrected chi connectivity index (χ3v) is 3.84. The van der Waals surface area contributed by atoms with E-state index in [0.717, 1.165) is 29.8 Å². The van der Waals surface area contributed by atoms with Crippen LogP contribution in [0, 0.1) is 12.8 Å². The predicted octanol–water partition coefficient (Wildman–Crippen LogP) is 4.95. The van der Waals surface area contributed by atoms with E-state index >= 15 is 0 Å². The number of aryl methyl sites for hydroxylation is 1. The lowest BCUT2D eigenvalue weighted by Gasteiger charge is -2.28. The van der Waals surface area contributed by atoms with E-state index in [0.29, 0.717) is 25.6 Å². The third kappa shape index (κ3) is 6.16. The zero-order valence-corrected chi connectivity index (χ0v) is 16.1. The van der Waals surface area contributed by atoms with Gasteiger partial charge >= 0.3 is 0 Å². The van der Waals surface area contributed by atoms with Gasteiger partial charge in [0.2, 0.25) is 0 Å². The fraction of sp³-hybridized carbons (Fsp3) is 0.650. The molecule has 1 rings (SSSR count). The van der Waals surface area contributed by atoms with E-state index in [1.54, 1.807) is 0 Å². The highest BCUT2D eigenvalue weighted by Crippen LogP contribution is 2.25. The molecule has 0 aromatic heterocycles. The summed E-state index contributed by atoms with van der Waals surface area (Å²) in [5, 5.41) is 2.99. The van der Waals surface area contributed by atoms with Gasteiger partial charge in [0.05, 0.1) is 6.61 Å². The minimum Gasteiger partial charge on any atom is -0.493 e. The highest BCUT2D eigenvalue weighted by molar-refractivity contribution is 5.97. The second-order valence-corrected chi connectivity index (χ2v) is 6.97. The highest BCUT2D eigenvalue weighted by Gasteiger charge is 2.33. The van der Waals surface area contributed by atoms with Crippen LogP contribution < -0.4 is 10.1 Å². The average molecular weight is 335 g/mol. The molecule has 24 heavy (non-hydrogen) atoms. The Morgan fingerprint density at radius 2 is 1.96 bits per heavy atom. The quantitative estimate of drug-likeness (QED) is 0.658. The molecule has 0 saturated carbocycles. The molecule has 1 N–H and O–H groups in total. The van der Waals surface area contributed by atoms with Gasteiger partial charge in [0.15, 0.2) is 0 Å². The van der Waals surface area contributed by atoms with Crippen molar-refractivity contribution in [2.24, 2.45) is 5.92 Å². The maximum Gasteiger partial charge on any atom is 0.256 e. The van der Waals surface area contributed by atoms with Crippen LogP contribution >= 0.6 is 0 Å². The predicted molar refractivity (Wildman–Crippen MR) is 99.7 cm³/mol. The number of hydrogen-bond acceptors (Lipinski definition) is 3. The van der Waals surface area contributed by atoms with Crippen molar-refractivity contribution >= 4 is 11.6 Å². The smallest absolute Gasteiger partial charge is 0.256 e. The molecule has 0 spiro atoms. The molecule has 0 unspecified atom stereocenters. The van der Waals surface area contributed by atoms with Gasteiger partial charge < -0.3 is 14.8 Å². The molecule has 136 valence electrons. The van der Waals surface area contributed by atoms with Crippen LogP contribution in [0.25, 0.3) is 0 Å². The fourth-order valence-corrected chi connectivity index (χ4v) is 2.46. The molecule has 0 radical (unpaired) electrons. The number of rotatable bonds is 10. The summed E-state index contributed by atoms with van der Waals surface area (Å²) in [6, 6.07) is 5.74. The van der Waals surface area contributed by atoms with E-state index < -0.39 is 5.60 Å². The second-order valence-electron chi connectivity index (χ2n) is 6.97. The summed E-state index contributed by atoms with van der Waals surface area (Å²) in [5.41, 5.74) is 1.00. The zero-order chi connectivity index (χ0) is 18.2. The zero-order valence-electron chi connectivity index (χ0n) is 16.1. The van der Waals surface area contributed by atoms with E-state index in [9.17, 15) is 4.79 Å². The highest BCUT2D eigenvalue weighted by atomic mass is 16.5. The number of ether oxygens (including phenoxy) is 2. The van der Waals surface area contributed by atoms with Crippen LogP contribution in [0.4, 0.5) is 5.69 Å². The molecule has 0 bridgehead atoms. The summed E-state index contributed by atoms with van der Waals surface area (Å²) in [6.07, 6.45) is 2.50. The first-order valence-electron chi connectivity index (χ1n) is 9.01. The van der Waals surface area contributed by atoms with Crippen LogP contribution in [0.5, 0.6) is 5.75 Å². The molecule has 4 nitrogen and oxygen atoms in total. The fourth-order valence-electron chi connectivity index (χ4n) is 2.46. The molecular formula is C20H33NO3. The SMILES string of the molecule is CCCO[C@](C)(CCC)C(=O)Nc1ccc(OCC(C)C)c(C)c1. The Bertz CT molecular complexity index is 528. The Hall–Kier alpha value is -1.55. The molecule has 1 amide bonds. The van der Waals surface area contributed by atoms with E-state index in [-0.39, 0.29) is 5.91 Å². The van der Waals surface area contributed by atoms with Crippen molar-refractivity contribution in [3.05, 3.63) is 23.8 Å². The van der Waals surface area contributed by atoms with Crippen molar-refractivity contribution in [2.45, 2.75) is 66.4 Å². The average Bonchev–Trinajstić information content (AvgIpc) is 2.52. The molecule has 4 heteroatoms. The topological polar surface area (TPSA) is 47.6 Å². The summed E-state index contributed by atoms with van der Waals surface area (Å²) < 4.78 is 11.6. The molecule has 1 aromatic rings. The normalized spacial score (nSPS) is 13.6. The number of carbonyl (C=O) groups excluding carboxylic acids is 1. The number of nitrogens with one attached hydrogen (secondary N) is 1. The molecule has 1 atom stereocenters. The van der Waals surface area contributed by atoms with Crippen molar-refractivity contribution in [3.8, 4) is 5.75 Å². The molecule has 1 aromatic carbocycles. The van der Waals surface area contributed by atoms with Gasteiger partial charge in [-0.1, -0.05) is 34.1 Å². The number of amides is 1. The van der Waals surface area contributed by atoms with Gasteiger partial charge in [0.25, 0.3) is 5.91 Å². The lowest BCUT2D eigenvalue weighted by atomic mass is 9.98. The van der Waals surface area contributed by atoms with Crippen molar-refractivity contribution in [3.63, 3.8) is 0 Å². The van der Waals surface area contributed by atoms with Crippen LogP contribution in [-0.2, 0) is 9.53 Å². The lowest BCUT2D eigenvalue weighted by Crippen LogP contribution is -2.43. The number of benzene rings is 1. The molecule has 0 aliphatic rings. The van der Waals surface area contributed by atoms with Crippen LogP contribution in [0.2, 0.25) is 0 Å². The van der Waals surface area contributed by atoms with E-state index in [4.69, 9.17) is 9.47 Å². The Kier molecular flexibility index (Phi) is 8.26. The van der Waals surface area contributed by atoms with E-state index in [1.807, 2.05) is 39.0 Å². The Morgan fingerprint density at radius 1 is 1.25 bits per heavy atom. The van der Waals surface area contributed by atoms with Crippen molar-refractivity contribution in [2.75, 3.05) is 18.5 Å². The van der Waals surface area contributed by atoms with Crippen LogP contribution in [0.3, 0.4) is 0 Å². The van der Waals surface area contributed by atoms with Crippen molar-refractivity contribution < 1.29 is 14.3 Å². The standard InChI is InChI=1S/C20H33NO3/c1-7-11-20(6,24-12-8-2)19(22)21-17-9-10-18(16(5)13-17)23-14-15(3)4/h9-10,13,15H,7-8,11-12,14H2,1-6H3,(H,21,22)/t20-/m1/s1. The van der Waals surface area contributed by atoms with Gasteiger partial charge in [0, 0.05) is 12.3 Å². The van der Waals surface area contributed by atoms with Crippen LogP contribution in [-0.4, -0.2) is 24.7 Å². The van der Waals surface area contributed by atoms with Gasteiger partial charge in [-0.05, 0) is 56.4 Å². The third-order valence-electron chi connectivity index (χ3n) is 3.84. The van der Waals surface area contributed by atoms with E-state index in [2.05, 4.69) is 26.1 Å². The first kappa shape index (κ1) is 20.5. The Morgan fingerprint density at radius 3 is 2.50 bits per heavy atom. The first-order chi connectivity index (χ1) is 11.3. The van der Waals surface area contributed by atoms with Gasteiger partial charge in [-0.25, -0.2) is 0 Å². The maximum atomic E-state index is 12.7. The summed E-state index contributed by atoms with van der Waals surface area (Å²) in [5.74, 6) is 1.25. The Labute approximate surface area is 146 Å². The van der Waals surface area contributed by atoms with Gasteiger partial charge in [0.1, 0.15) is 11.4 Å². The summed E-state index contributed by atoms with van der Waals surface area (Å²) in [6.45, 7) is 13.5. The molecule has 0 aliphatic heterocycles. The number of carbonyl (C=O) groups is 1. The first-order valence-corrected chi connectivity index (χ1v) is 9.01. The minimum absolute atomic E-state index is 0.0898. The Balaban J connectivity index is 2.79. The van der Waals surface area contributed by atoms with Crippen LogP contribution in [0.1, 0.15) is 59.4 Å². The summed E-state index contributed by atoms with van der Waals surface area (Å²) >= 11 is 0. The summed E-state index contributed by atoms with van der Waals surface area (Å²) in [4.78, 5) is 12.7. The number of hydrogen-bond donors (Lipinski definition) is 1. The van der Waals surface area contributed by atoms with Crippen molar-refractivity contribution in [1.82, 2.24) is 0 Å². The monoisotopic (exact) mass is 335 g/mol. The molecule has 0 aliphatic carbocycles. The maximum absolute atomic E-state index is 12.7. The van der Waals surface area contributed by atoms with Gasteiger partial charge in [-0.2, -0.15) is 0 Å². The van der Waals surface area contributed by atoms with Crippen LogP contribution in [0.15, 0.2) is 18.2 Å². The summed E-state index contributed by atoms with van der Waals surface area (Å²) in [7, 11) is 0. The second kappa shape index (κ2) is 9.67. The number of anilines is 1. The molecular weight excluding hydrogens is 302 g/mol. The molecule has 0 saturated heterocycles. The van der Waals surface area contributed by atoms with E-state index in [1.165, 1.54) is 0 Å². The minimum atomic E-state index is -0.786. The largest absolute Gasteiger partial charge is 0.493 e. The lowest BCUT2D eigenvalue weighted by molar-refractivity contribution is -0.140. The van der Waals surface area contributed by atoms with Gasteiger partial charge in [-0.15, -0.1) is 0 Å². The van der Waals surface area contributed by atoms with Crippen molar-refractivity contribution in [1.29, 1.82) is 0 Å². The van der Waals surface area contributed by atoms with Gasteiger partial charge in [-0.3, -0.25) is 4.79 Å².